The van der Waals surface area contributed by atoms with E-state index >= 15 is 0 Å². The summed E-state index contributed by atoms with van der Waals surface area (Å²) in [4.78, 5) is 12.7. The van der Waals surface area contributed by atoms with Crippen molar-refractivity contribution >= 4 is 43.5 Å². The van der Waals surface area contributed by atoms with Crippen LogP contribution in [0, 0.1) is 6.92 Å². The molecule has 132 valence electrons. The number of hydrogen-bond donors (Lipinski definition) is 2. The van der Waals surface area contributed by atoms with Crippen LogP contribution in [-0.2, 0) is 11.2 Å². The lowest BCUT2D eigenvalue weighted by Crippen LogP contribution is -2.41. The molecule has 1 amide bonds. The molecule has 1 aliphatic carbocycles. The zero-order valence-electron chi connectivity index (χ0n) is 14.4. The Balaban J connectivity index is 1.70. The molecule has 1 aliphatic rings. The van der Waals surface area contributed by atoms with E-state index < -0.39 is 0 Å². The average Bonchev–Trinajstić information content (AvgIpc) is 2.58. The second-order valence-corrected chi connectivity index (χ2v) is 8.33. The summed E-state index contributed by atoms with van der Waals surface area (Å²) in [7, 11) is 0. The number of anilines is 1. The maximum absolute atomic E-state index is 12.7. The van der Waals surface area contributed by atoms with Gasteiger partial charge in [0.15, 0.2) is 0 Å². The maximum atomic E-state index is 12.7. The molecule has 0 aliphatic heterocycles. The first-order valence-corrected chi connectivity index (χ1v) is 10.1. The van der Waals surface area contributed by atoms with Crippen LogP contribution < -0.4 is 10.6 Å². The summed E-state index contributed by atoms with van der Waals surface area (Å²) >= 11 is 7.06. The first-order valence-electron chi connectivity index (χ1n) is 8.56. The van der Waals surface area contributed by atoms with E-state index in [1.54, 1.807) is 0 Å². The molecule has 0 radical (unpaired) electrons. The standard InChI is InChI=1S/C20H22Br2N2O/c1-12-10-16(21)19(17(22)11-12)24-20(25)13(2)23-18-9-5-7-14-6-3-4-8-15(14)18/h3-4,6,8,10-11,13,18,23H,5,7,9H2,1-2H3,(H,24,25)/t13-,18-/m1/s1. The molecule has 0 spiro atoms. The molecular weight excluding hydrogens is 444 g/mol. The van der Waals surface area contributed by atoms with Gasteiger partial charge in [-0.25, -0.2) is 0 Å². The molecule has 2 N–H and O–H groups in total. The Morgan fingerprint density at radius 2 is 1.88 bits per heavy atom. The van der Waals surface area contributed by atoms with E-state index in [9.17, 15) is 4.79 Å². The topological polar surface area (TPSA) is 41.1 Å². The van der Waals surface area contributed by atoms with E-state index in [2.05, 4.69) is 66.8 Å². The number of rotatable bonds is 4. The summed E-state index contributed by atoms with van der Waals surface area (Å²) in [5, 5.41) is 6.53. The predicted molar refractivity (Wildman–Crippen MR) is 110 cm³/mol. The second-order valence-electron chi connectivity index (χ2n) is 6.62. The number of nitrogens with one attached hydrogen (secondary N) is 2. The van der Waals surface area contributed by atoms with Crippen LogP contribution in [0.15, 0.2) is 45.3 Å². The molecule has 3 nitrogen and oxygen atoms in total. The van der Waals surface area contributed by atoms with Crippen LogP contribution in [0.5, 0.6) is 0 Å². The average molecular weight is 466 g/mol. The second kappa shape index (κ2) is 8.02. The minimum atomic E-state index is -0.281. The van der Waals surface area contributed by atoms with Gasteiger partial charge in [0, 0.05) is 15.0 Å². The SMILES string of the molecule is Cc1cc(Br)c(NC(=O)[C@@H](C)N[C@@H]2CCCc3ccccc32)c(Br)c1. The van der Waals surface area contributed by atoms with Gasteiger partial charge < -0.3 is 5.32 Å². The summed E-state index contributed by atoms with van der Waals surface area (Å²) < 4.78 is 1.76. The fraction of sp³-hybridized carbons (Fsp3) is 0.350. The number of amides is 1. The molecule has 0 fully saturated rings. The van der Waals surface area contributed by atoms with E-state index in [4.69, 9.17) is 0 Å². The van der Waals surface area contributed by atoms with Crippen LogP contribution in [0.25, 0.3) is 0 Å². The molecule has 2 aromatic rings. The van der Waals surface area contributed by atoms with Gasteiger partial charge >= 0.3 is 0 Å². The van der Waals surface area contributed by atoms with Crippen LogP contribution in [0.3, 0.4) is 0 Å². The van der Waals surface area contributed by atoms with Crippen LogP contribution >= 0.6 is 31.9 Å². The molecule has 0 heterocycles. The Hall–Kier alpha value is -1.17. The highest BCUT2D eigenvalue weighted by molar-refractivity contribution is 9.11. The van der Waals surface area contributed by atoms with Crippen LogP contribution in [0.1, 0.15) is 42.5 Å². The summed E-state index contributed by atoms with van der Waals surface area (Å²) in [6, 6.07) is 12.5. The molecule has 0 aromatic heterocycles. The van der Waals surface area contributed by atoms with E-state index in [1.807, 2.05) is 26.0 Å². The number of fused-ring (bicyclic) bond motifs is 1. The van der Waals surface area contributed by atoms with Crippen molar-refractivity contribution in [2.24, 2.45) is 0 Å². The zero-order chi connectivity index (χ0) is 18.0. The molecule has 5 heteroatoms. The number of carbonyl (C=O) groups is 1. The van der Waals surface area contributed by atoms with Crippen molar-refractivity contribution in [3.05, 3.63) is 62.0 Å². The van der Waals surface area contributed by atoms with Crippen molar-refractivity contribution in [2.75, 3.05) is 5.32 Å². The zero-order valence-corrected chi connectivity index (χ0v) is 17.6. The third-order valence-electron chi connectivity index (χ3n) is 4.65. The van der Waals surface area contributed by atoms with E-state index in [-0.39, 0.29) is 18.0 Å². The number of hydrogen-bond acceptors (Lipinski definition) is 2. The van der Waals surface area contributed by atoms with Gasteiger partial charge in [0.1, 0.15) is 0 Å². The molecule has 3 rings (SSSR count). The summed E-state index contributed by atoms with van der Waals surface area (Å²) in [6.07, 6.45) is 3.34. The van der Waals surface area contributed by atoms with Gasteiger partial charge in [-0.3, -0.25) is 10.1 Å². The Labute approximate surface area is 165 Å². The third kappa shape index (κ3) is 4.33. The van der Waals surface area contributed by atoms with Crippen molar-refractivity contribution < 1.29 is 4.79 Å². The molecule has 2 atom stereocenters. The van der Waals surface area contributed by atoms with Crippen molar-refractivity contribution in [1.29, 1.82) is 0 Å². The smallest absolute Gasteiger partial charge is 0.241 e. The monoisotopic (exact) mass is 464 g/mol. The van der Waals surface area contributed by atoms with Crippen molar-refractivity contribution in [3.8, 4) is 0 Å². The lowest BCUT2D eigenvalue weighted by Gasteiger charge is -2.29. The van der Waals surface area contributed by atoms with Gasteiger partial charge in [-0.2, -0.15) is 0 Å². The summed E-state index contributed by atoms with van der Waals surface area (Å²) in [6.45, 7) is 3.94. The highest BCUT2D eigenvalue weighted by atomic mass is 79.9. The predicted octanol–water partition coefficient (Wildman–Crippen LogP) is 5.51. The Kier molecular flexibility index (Phi) is 5.97. The Bertz CT molecular complexity index is 768. The van der Waals surface area contributed by atoms with Crippen LogP contribution in [0.2, 0.25) is 0 Å². The van der Waals surface area contributed by atoms with Crippen LogP contribution in [0.4, 0.5) is 5.69 Å². The molecule has 25 heavy (non-hydrogen) atoms. The minimum absolute atomic E-state index is 0.0340. The van der Waals surface area contributed by atoms with Gasteiger partial charge in [-0.15, -0.1) is 0 Å². The molecule has 0 unspecified atom stereocenters. The lowest BCUT2D eigenvalue weighted by atomic mass is 9.87. The minimum Gasteiger partial charge on any atom is -0.323 e. The van der Waals surface area contributed by atoms with Crippen molar-refractivity contribution in [3.63, 3.8) is 0 Å². The largest absolute Gasteiger partial charge is 0.323 e. The molecule has 0 saturated carbocycles. The number of benzene rings is 2. The third-order valence-corrected chi connectivity index (χ3v) is 5.90. The first kappa shape index (κ1) is 18.6. The van der Waals surface area contributed by atoms with E-state index in [0.717, 1.165) is 39.5 Å². The number of halogens is 2. The van der Waals surface area contributed by atoms with E-state index in [0.29, 0.717) is 0 Å². The Morgan fingerprint density at radius 1 is 1.20 bits per heavy atom. The molecular formula is C20H22Br2N2O. The molecule has 2 aromatic carbocycles. The number of carbonyl (C=O) groups excluding carboxylic acids is 1. The number of aryl methyl sites for hydroxylation is 2. The Morgan fingerprint density at radius 3 is 2.60 bits per heavy atom. The van der Waals surface area contributed by atoms with Gasteiger partial charge in [-0.05, 0) is 93.8 Å². The van der Waals surface area contributed by atoms with Crippen LogP contribution in [-0.4, -0.2) is 11.9 Å². The lowest BCUT2D eigenvalue weighted by molar-refractivity contribution is -0.118. The highest BCUT2D eigenvalue weighted by Crippen LogP contribution is 2.33. The quantitative estimate of drug-likeness (QED) is 0.624. The summed E-state index contributed by atoms with van der Waals surface area (Å²) in [5.74, 6) is -0.0340. The molecule has 0 bridgehead atoms. The summed E-state index contributed by atoms with van der Waals surface area (Å²) in [5.41, 5.74) is 4.61. The fourth-order valence-corrected chi connectivity index (χ4v) is 4.97. The normalized spacial score (nSPS) is 17.7. The van der Waals surface area contributed by atoms with Gasteiger partial charge in [0.25, 0.3) is 0 Å². The van der Waals surface area contributed by atoms with Crippen molar-refractivity contribution in [1.82, 2.24) is 5.32 Å². The fourth-order valence-electron chi connectivity index (χ4n) is 3.36. The van der Waals surface area contributed by atoms with E-state index in [1.165, 1.54) is 11.1 Å². The first-order chi connectivity index (χ1) is 12.0. The molecule has 0 saturated heterocycles. The van der Waals surface area contributed by atoms with Gasteiger partial charge in [-0.1, -0.05) is 24.3 Å². The van der Waals surface area contributed by atoms with Gasteiger partial charge in [0.2, 0.25) is 5.91 Å². The van der Waals surface area contributed by atoms with Gasteiger partial charge in [0.05, 0.1) is 11.7 Å². The highest BCUT2D eigenvalue weighted by Gasteiger charge is 2.24. The van der Waals surface area contributed by atoms with Crippen molar-refractivity contribution in [2.45, 2.75) is 45.2 Å². The maximum Gasteiger partial charge on any atom is 0.241 e.